The monoisotopic (exact) mass is 256 g/mol. The van der Waals surface area contributed by atoms with E-state index in [2.05, 4.69) is 10.3 Å². The molecule has 0 atom stereocenters. The zero-order chi connectivity index (χ0) is 13.4. The van der Waals surface area contributed by atoms with Crippen molar-refractivity contribution in [3.8, 4) is 0 Å². The lowest BCUT2D eigenvalue weighted by atomic mass is 10.2. The van der Waals surface area contributed by atoms with Crippen molar-refractivity contribution in [2.45, 2.75) is 6.92 Å². The maximum absolute atomic E-state index is 11.9. The third kappa shape index (κ3) is 1.87. The van der Waals surface area contributed by atoms with Gasteiger partial charge in [-0.3, -0.25) is 9.69 Å². The summed E-state index contributed by atoms with van der Waals surface area (Å²) in [6, 6.07) is 3.33. The summed E-state index contributed by atoms with van der Waals surface area (Å²) in [6.07, 6.45) is 7.04. The summed E-state index contributed by atoms with van der Waals surface area (Å²) < 4.78 is 1.85. The molecule has 1 saturated heterocycles. The molecule has 0 spiro atoms. The molecule has 0 aromatic carbocycles. The summed E-state index contributed by atoms with van der Waals surface area (Å²) in [7, 11) is 0. The Morgan fingerprint density at radius 1 is 1.37 bits per heavy atom. The van der Waals surface area contributed by atoms with E-state index in [0.29, 0.717) is 12.2 Å². The highest BCUT2D eigenvalue weighted by Crippen LogP contribution is 2.14. The van der Waals surface area contributed by atoms with Crippen molar-refractivity contribution in [1.29, 1.82) is 0 Å². The van der Waals surface area contributed by atoms with E-state index < -0.39 is 0 Å². The predicted octanol–water partition coefficient (Wildman–Crippen LogP) is 1.25. The van der Waals surface area contributed by atoms with Crippen LogP contribution >= 0.6 is 0 Å². The van der Waals surface area contributed by atoms with Gasteiger partial charge in [0.25, 0.3) is 5.91 Å². The summed E-state index contributed by atoms with van der Waals surface area (Å²) in [5.74, 6) is -0.293. The lowest BCUT2D eigenvalue weighted by Crippen LogP contribution is -2.30. The van der Waals surface area contributed by atoms with Crippen molar-refractivity contribution in [1.82, 2.24) is 19.6 Å². The quantitative estimate of drug-likeness (QED) is 0.649. The molecule has 0 unspecified atom stereocenters. The minimum atomic E-state index is -0.373. The van der Waals surface area contributed by atoms with E-state index in [-0.39, 0.29) is 11.9 Å². The number of likely N-dealkylation sites (N-methyl/N-ethyl adjacent to an activating group) is 1. The van der Waals surface area contributed by atoms with Crippen molar-refractivity contribution in [3.05, 3.63) is 42.0 Å². The van der Waals surface area contributed by atoms with Gasteiger partial charge in [0.1, 0.15) is 11.3 Å². The largest absolute Gasteiger partial charge is 0.328 e. The van der Waals surface area contributed by atoms with Crippen LogP contribution in [0.3, 0.4) is 0 Å². The highest BCUT2D eigenvalue weighted by atomic mass is 16.2. The minimum absolute atomic E-state index is 0.293. The second-order valence-electron chi connectivity index (χ2n) is 4.19. The molecule has 96 valence electrons. The third-order valence-corrected chi connectivity index (χ3v) is 3.00. The maximum Gasteiger partial charge on any atom is 0.328 e. The number of amides is 3. The van der Waals surface area contributed by atoms with Crippen molar-refractivity contribution in [2.75, 3.05) is 6.54 Å². The van der Waals surface area contributed by atoms with Crippen molar-refractivity contribution < 1.29 is 9.59 Å². The van der Waals surface area contributed by atoms with Gasteiger partial charge in [0, 0.05) is 25.1 Å². The fraction of sp³-hybridized carbons (Fsp3) is 0.154. The van der Waals surface area contributed by atoms with Gasteiger partial charge in [-0.15, -0.1) is 0 Å². The van der Waals surface area contributed by atoms with Crippen LogP contribution in [0.5, 0.6) is 0 Å². The van der Waals surface area contributed by atoms with E-state index in [4.69, 9.17) is 0 Å². The number of urea groups is 1. The second kappa shape index (κ2) is 4.24. The van der Waals surface area contributed by atoms with Gasteiger partial charge in [0.2, 0.25) is 0 Å². The number of imide groups is 1. The molecule has 19 heavy (non-hydrogen) atoms. The molecule has 3 heterocycles. The summed E-state index contributed by atoms with van der Waals surface area (Å²) in [5.41, 5.74) is 1.96. The number of nitrogens with one attached hydrogen (secondary N) is 1. The fourth-order valence-corrected chi connectivity index (χ4v) is 2.05. The van der Waals surface area contributed by atoms with E-state index in [0.717, 1.165) is 11.2 Å². The normalized spacial score (nSPS) is 17.5. The van der Waals surface area contributed by atoms with Crippen LogP contribution in [0.25, 0.3) is 11.7 Å². The number of rotatable bonds is 2. The van der Waals surface area contributed by atoms with Crippen molar-refractivity contribution >= 4 is 23.7 Å². The summed E-state index contributed by atoms with van der Waals surface area (Å²) >= 11 is 0. The average Bonchev–Trinajstić information content (AvgIpc) is 2.95. The number of carbonyl (C=O) groups excluding carboxylic acids is 2. The Bertz CT molecular complexity index is 701. The Balaban J connectivity index is 1.97. The number of hydrogen-bond donors (Lipinski definition) is 1. The summed E-state index contributed by atoms with van der Waals surface area (Å²) in [6.45, 7) is 2.13. The first-order chi connectivity index (χ1) is 9.19. The molecular formula is C13H12N4O2. The van der Waals surface area contributed by atoms with Gasteiger partial charge in [0.15, 0.2) is 0 Å². The number of imidazole rings is 1. The van der Waals surface area contributed by atoms with Crippen molar-refractivity contribution in [2.24, 2.45) is 0 Å². The Morgan fingerprint density at radius 2 is 2.21 bits per heavy atom. The predicted molar refractivity (Wildman–Crippen MR) is 69.1 cm³/mol. The molecule has 6 heteroatoms. The lowest BCUT2D eigenvalue weighted by molar-refractivity contribution is -0.122. The Hall–Kier alpha value is -2.63. The van der Waals surface area contributed by atoms with Crippen LogP contribution in [0.4, 0.5) is 4.79 Å². The standard InChI is InChI=1S/C13H12N4O2/c1-2-17-12(18)10(15-13(17)19)7-9-3-4-11-14-5-6-16(11)8-9/h3-8H,2H2,1H3,(H,15,19)/b10-7+. The molecule has 1 aliphatic rings. The molecule has 2 aromatic rings. The number of pyridine rings is 1. The van der Waals surface area contributed by atoms with E-state index in [1.165, 1.54) is 4.90 Å². The van der Waals surface area contributed by atoms with E-state index in [1.807, 2.05) is 28.9 Å². The summed E-state index contributed by atoms with van der Waals surface area (Å²) in [4.78, 5) is 28.8. The van der Waals surface area contributed by atoms with E-state index >= 15 is 0 Å². The molecule has 1 fully saturated rings. The highest BCUT2D eigenvalue weighted by molar-refractivity contribution is 6.13. The molecule has 0 bridgehead atoms. The van der Waals surface area contributed by atoms with Gasteiger partial charge in [-0.05, 0) is 30.7 Å². The van der Waals surface area contributed by atoms with Gasteiger partial charge in [-0.1, -0.05) is 0 Å². The van der Waals surface area contributed by atoms with Crippen LogP contribution < -0.4 is 5.32 Å². The van der Waals surface area contributed by atoms with Crippen LogP contribution in [0.2, 0.25) is 0 Å². The van der Waals surface area contributed by atoms with Crippen LogP contribution in [-0.4, -0.2) is 32.8 Å². The number of carbonyl (C=O) groups is 2. The maximum atomic E-state index is 11.9. The van der Waals surface area contributed by atoms with Crippen LogP contribution in [0, 0.1) is 0 Å². The highest BCUT2D eigenvalue weighted by Gasteiger charge is 2.31. The third-order valence-electron chi connectivity index (χ3n) is 3.00. The Morgan fingerprint density at radius 3 is 2.95 bits per heavy atom. The van der Waals surface area contributed by atoms with Crippen LogP contribution in [-0.2, 0) is 4.79 Å². The van der Waals surface area contributed by atoms with Crippen molar-refractivity contribution in [3.63, 3.8) is 0 Å². The van der Waals surface area contributed by atoms with Gasteiger partial charge < -0.3 is 9.72 Å². The van der Waals surface area contributed by atoms with E-state index in [1.54, 1.807) is 19.2 Å². The summed E-state index contributed by atoms with van der Waals surface area (Å²) in [5, 5.41) is 2.57. The minimum Gasteiger partial charge on any atom is -0.307 e. The molecule has 1 aliphatic heterocycles. The smallest absolute Gasteiger partial charge is 0.307 e. The molecule has 0 aliphatic carbocycles. The molecule has 1 N–H and O–H groups in total. The molecule has 3 rings (SSSR count). The number of hydrogen-bond acceptors (Lipinski definition) is 3. The lowest BCUT2D eigenvalue weighted by Gasteiger charge is -2.06. The zero-order valence-electron chi connectivity index (χ0n) is 10.3. The van der Waals surface area contributed by atoms with Crippen LogP contribution in [0.1, 0.15) is 12.5 Å². The Labute approximate surface area is 109 Å². The fourth-order valence-electron chi connectivity index (χ4n) is 2.05. The second-order valence-corrected chi connectivity index (χ2v) is 4.19. The number of nitrogens with zero attached hydrogens (tertiary/aromatic N) is 3. The number of aromatic nitrogens is 2. The van der Waals surface area contributed by atoms with Crippen LogP contribution in [0.15, 0.2) is 36.4 Å². The first-order valence-corrected chi connectivity index (χ1v) is 5.96. The molecule has 3 amide bonds. The topological polar surface area (TPSA) is 66.7 Å². The first kappa shape index (κ1) is 11.5. The molecule has 0 saturated carbocycles. The molecular weight excluding hydrogens is 244 g/mol. The van der Waals surface area contributed by atoms with Gasteiger partial charge in [-0.2, -0.15) is 0 Å². The first-order valence-electron chi connectivity index (χ1n) is 5.96. The van der Waals surface area contributed by atoms with Gasteiger partial charge in [0.05, 0.1) is 0 Å². The molecule has 0 radical (unpaired) electrons. The number of fused-ring (bicyclic) bond motifs is 1. The zero-order valence-corrected chi connectivity index (χ0v) is 10.3. The van der Waals surface area contributed by atoms with Gasteiger partial charge >= 0.3 is 6.03 Å². The average molecular weight is 256 g/mol. The molecule has 6 nitrogen and oxygen atoms in total. The van der Waals surface area contributed by atoms with Gasteiger partial charge in [-0.25, -0.2) is 9.78 Å². The Kier molecular flexibility index (Phi) is 2.56. The molecule has 2 aromatic heterocycles. The van der Waals surface area contributed by atoms with E-state index in [9.17, 15) is 9.59 Å². The SMILES string of the molecule is CCN1C(=O)N/C(=C/c2ccc3nccn3c2)C1=O.